The highest BCUT2D eigenvalue weighted by Crippen LogP contribution is 2.23. The van der Waals surface area contributed by atoms with E-state index in [1.54, 1.807) is 6.20 Å². The van der Waals surface area contributed by atoms with Gasteiger partial charge in [-0.15, -0.1) is 0 Å². The third-order valence-electron chi connectivity index (χ3n) is 3.97. The molecule has 1 aromatic rings. The Bertz CT molecular complexity index is 509. The number of hydrogen-bond acceptors (Lipinski definition) is 4. The molecule has 5 nitrogen and oxygen atoms in total. The number of rotatable bonds is 2. The highest BCUT2D eigenvalue weighted by atomic mass is 16.2. The lowest BCUT2D eigenvalue weighted by atomic mass is 9.93. The zero-order valence-electron chi connectivity index (χ0n) is 13.8. The van der Waals surface area contributed by atoms with Crippen molar-refractivity contribution >= 4 is 11.9 Å². The van der Waals surface area contributed by atoms with Gasteiger partial charge in [-0.2, -0.15) is 0 Å². The third-order valence-corrected chi connectivity index (χ3v) is 3.97. The van der Waals surface area contributed by atoms with Crippen molar-refractivity contribution in [1.82, 2.24) is 14.9 Å². The lowest BCUT2D eigenvalue weighted by Gasteiger charge is -2.39. The molecule has 0 N–H and O–H groups in total. The zero-order valence-corrected chi connectivity index (χ0v) is 13.8. The van der Waals surface area contributed by atoms with Gasteiger partial charge in [0.25, 0.3) is 0 Å². The van der Waals surface area contributed by atoms with Crippen LogP contribution in [-0.4, -0.2) is 47.0 Å². The number of hydrogen-bond donors (Lipinski definition) is 0. The monoisotopic (exact) mass is 290 g/mol. The molecule has 2 rings (SSSR count). The fraction of sp³-hybridized carbons (Fsp3) is 0.688. The minimum absolute atomic E-state index is 0.194. The van der Waals surface area contributed by atoms with Gasteiger partial charge in [-0.3, -0.25) is 4.79 Å². The SMILES string of the molecule is Cc1ccnc(N2CCCC(N(C)C(=O)C(C)(C)C)C2)n1. The second kappa shape index (κ2) is 6.00. The number of likely N-dealkylation sites (N-methyl/N-ethyl adjacent to an activating group) is 1. The Hall–Kier alpha value is -1.65. The van der Waals surface area contributed by atoms with Gasteiger partial charge in [-0.05, 0) is 25.8 Å². The zero-order chi connectivity index (χ0) is 15.6. The lowest BCUT2D eigenvalue weighted by molar-refractivity contribution is -0.140. The molecule has 0 radical (unpaired) electrons. The Balaban J connectivity index is 2.09. The van der Waals surface area contributed by atoms with Crippen LogP contribution in [0.1, 0.15) is 39.3 Å². The average molecular weight is 290 g/mol. The van der Waals surface area contributed by atoms with E-state index < -0.39 is 0 Å². The summed E-state index contributed by atoms with van der Waals surface area (Å²) in [6, 6.07) is 2.13. The van der Waals surface area contributed by atoms with Crippen molar-refractivity contribution in [3.05, 3.63) is 18.0 Å². The molecule has 21 heavy (non-hydrogen) atoms. The third kappa shape index (κ3) is 3.71. The summed E-state index contributed by atoms with van der Waals surface area (Å²) in [5, 5.41) is 0. The summed E-state index contributed by atoms with van der Waals surface area (Å²) in [5.74, 6) is 0.968. The van der Waals surface area contributed by atoms with Crippen LogP contribution in [0.2, 0.25) is 0 Å². The molecule has 0 saturated carbocycles. The number of piperidine rings is 1. The van der Waals surface area contributed by atoms with E-state index in [0.29, 0.717) is 0 Å². The molecule has 0 spiro atoms. The topological polar surface area (TPSA) is 49.3 Å². The highest BCUT2D eigenvalue weighted by molar-refractivity contribution is 5.81. The Morgan fingerprint density at radius 1 is 1.43 bits per heavy atom. The molecule has 0 bridgehead atoms. The largest absolute Gasteiger partial charge is 0.341 e. The molecular weight excluding hydrogens is 264 g/mol. The first-order valence-electron chi connectivity index (χ1n) is 7.61. The lowest BCUT2D eigenvalue weighted by Crippen LogP contribution is -2.51. The maximum atomic E-state index is 12.4. The van der Waals surface area contributed by atoms with E-state index in [1.807, 2.05) is 45.7 Å². The maximum Gasteiger partial charge on any atom is 0.227 e. The van der Waals surface area contributed by atoms with Crippen LogP contribution in [0.25, 0.3) is 0 Å². The smallest absolute Gasteiger partial charge is 0.227 e. The van der Waals surface area contributed by atoms with E-state index in [1.165, 1.54) is 0 Å². The molecule has 1 aromatic heterocycles. The number of nitrogens with zero attached hydrogens (tertiary/aromatic N) is 4. The van der Waals surface area contributed by atoms with Crippen molar-refractivity contribution in [3.63, 3.8) is 0 Å². The normalized spacial score (nSPS) is 19.5. The predicted octanol–water partition coefficient (Wildman–Crippen LogP) is 2.26. The standard InChI is InChI=1S/C16H26N4O/c1-12-8-9-17-15(18-12)20-10-6-7-13(11-20)19(5)14(21)16(2,3)4/h8-9,13H,6-7,10-11H2,1-5H3. The van der Waals surface area contributed by atoms with E-state index in [-0.39, 0.29) is 17.4 Å². The summed E-state index contributed by atoms with van der Waals surface area (Å²) in [7, 11) is 1.92. The fourth-order valence-corrected chi connectivity index (χ4v) is 2.74. The van der Waals surface area contributed by atoms with Gasteiger partial charge >= 0.3 is 0 Å². The van der Waals surface area contributed by atoms with Crippen LogP contribution in [-0.2, 0) is 4.79 Å². The van der Waals surface area contributed by atoms with E-state index in [4.69, 9.17) is 0 Å². The number of carbonyl (C=O) groups excluding carboxylic acids is 1. The van der Waals surface area contributed by atoms with Gasteiger partial charge < -0.3 is 9.80 Å². The molecule has 2 heterocycles. The second-order valence-corrected chi connectivity index (χ2v) is 6.91. The number of anilines is 1. The van der Waals surface area contributed by atoms with Gasteiger partial charge in [0.1, 0.15) is 0 Å². The molecule has 1 aliphatic rings. The Morgan fingerprint density at radius 2 is 2.14 bits per heavy atom. The van der Waals surface area contributed by atoms with Crippen LogP contribution in [0.3, 0.4) is 0 Å². The molecule has 1 unspecified atom stereocenters. The summed E-state index contributed by atoms with van der Waals surface area (Å²) in [5.41, 5.74) is 0.637. The molecule has 1 atom stereocenters. The molecule has 1 fully saturated rings. The van der Waals surface area contributed by atoms with Crippen LogP contribution in [0.4, 0.5) is 5.95 Å². The molecule has 1 amide bonds. The first-order chi connectivity index (χ1) is 9.79. The molecule has 0 aromatic carbocycles. The van der Waals surface area contributed by atoms with Crippen LogP contribution in [0, 0.1) is 12.3 Å². The van der Waals surface area contributed by atoms with Crippen molar-refractivity contribution in [1.29, 1.82) is 0 Å². The first kappa shape index (κ1) is 15.7. The van der Waals surface area contributed by atoms with Crippen molar-refractivity contribution in [2.24, 2.45) is 5.41 Å². The highest BCUT2D eigenvalue weighted by Gasteiger charge is 2.32. The molecule has 1 aliphatic heterocycles. The fourth-order valence-electron chi connectivity index (χ4n) is 2.74. The molecule has 116 valence electrons. The average Bonchev–Trinajstić information content (AvgIpc) is 2.45. The minimum atomic E-state index is -0.336. The number of aryl methyl sites for hydroxylation is 1. The van der Waals surface area contributed by atoms with E-state index in [2.05, 4.69) is 14.9 Å². The summed E-state index contributed by atoms with van der Waals surface area (Å²) in [4.78, 5) is 25.4. The molecule has 0 aliphatic carbocycles. The van der Waals surface area contributed by atoms with Gasteiger partial charge in [0.15, 0.2) is 0 Å². The van der Waals surface area contributed by atoms with Gasteiger partial charge in [0, 0.05) is 43.5 Å². The number of carbonyl (C=O) groups is 1. The quantitative estimate of drug-likeness (QED) is 0.838. The number of aromatic nitrogens is 2. The van der Waals surface area contributed by atoms with E-state index >= 15 is 0 Å². The minimum Gasteiger partial charge on any atom is -0.341 e. The van der Waals surface area contributed by atoms with Crippen molar-refractivity contribution in [2.45, 2.75) is 46.6 Å². The van der Waals surface area contributed by atoms with Crippen LogP contribution < -0.4 is 4.90 Å². The summed E-state index contributed by atoms with van der Waals surface area (Å²) >= 11 is 0. The van der Waals surface area contributed by atoms with Gasteiger partial charge in [0.2, 0.25) is 11.9 Å². The Kier molecular flexibility index (Phi) is 4.49. The van der Waals surface area contributed by atoms with Crippen LogP contribution >= 0.6 is 0 Å². The Morgan fingerprint density at radius 3 is 2.76 bits per heavy atom. The summed E-state index contributed by atoms with van der Waals surface area (Å²) in [6.07, 6.45) is 3.90. The molecular formula is C16H26N4O. The molecule has 1 saturated heterocycles. The van der Waals surface area contributed by atoms with Gasteiger partial charge in [-0.25, -0.2) is 9.97 Å². The van der Waals surface area contributed by atoms with Crippen molar-refractivity contribution in [2.75, 3.05) is 25.0 Å². The molecule has 5 heteroatoms. The summed E-state index contributed by atoms with van der Waals surface area (Å²) in [6.45, 7) is 9.64. The first-order valence-corrected chi connectivity index (χ1v) is 7.61. The number of amides is 1. The van der Waals surface area contributed by atoms with E-state index in [0.717, 1.165) is 37.6 Å². The maximum absolute atomic E-state index is 12.4. The van der Waals surface area contributed by atoms with Crippen LogP contribution in [0.15, 0.2) is 12.3 Å². The van der Waals surface area contributed by atoms with Gasteiger partial charge in [-0.1, -0.05) is 20.8 Å². The van der Waals surface area contributed by atoms with Crippen molar-refractivity contribution in [3.8, 4) is 0 Å². The predicted molar refractivity (Wildman–Crippen MR) is 84.2 cm³/mol. The summed E-state index contributed by atoms with van der Waals surface area (Å²) < 4.78 is 0. The van der Waals surface area contributed by atoms with Gasteiger partial charge in [0.05, 0.1) is 0 Å². The Labute approximate surface area is 127 Å². The van der Waals surface area contributed by atoms with Crippen molar-refractivity contribution < 1.29 is 4.79 Å². The van der Waals surface area contributed by atoms with Crippen LogP contribution in [0.5, 0.6) is 0 Å². The second-order valence-electron chi connectivity index (χ2n) is 6.91. The van der Waals surface area contributed by atoms with E-state index in [9.17, 15) is 4.79 Å².